The van der Waals surface area contributed by atoms with Crippen LogP contribution in [0, 0.1) is 0 Å². The van der Waals surface area contributed by atoms with Crippen molar-refractivity contribution in [2.75, 3.05) is 0 Å². The SMILES string of the molecule is O=C(C(=NN=Cc1ccccc1O)c1ccccc1)c1ccccc1. The highest BCUT2D eigenvalue weighted by molar-refractivity contribution is 6.51. The van der Waals surface area contributed by atoms with Crippen LogP contribution in [0.25, 0.3) is 0 Å². The second-order valence-electron chi connectivity index (χ2n) is 5.31. The maximum atomic E-state index is 12.8. The molecule has 0 fully saturated rings. The Kier molecular flexibility index (Phi) is 5.12. The minimum Gasteiger partial charge on any atom is -0.507 e. The van der Waals surface area contributed by atoms with Gasteiger partial charge in [0.05, 0.1) is 6.21 Å². The van der Waals surface area contributed by atoms with Crippen LogP contribution in [0.1, 0.15) is 21.5 Å². The van der Waals surface area contributed by atoms with Crippen LogP contribution < -0.4 is 0 Å². The summed E-state index contributed by atoms with van der Waals surface area (Å²) in [6.45, 7) is 0. The molecule has 0 amide bonds. The van der Waals surface area contributed by atoms with Crippen molar-refractivity contribution in [1.29, 1.82) is 0 Å². The summed E-state index contributed by atoms with van der Waals surface area (Å²) < 4.78 is 0. The average molecular weight is 328 g/mol. The zero-order valence-corrected chi connectivity index (χ0v) is 13.4. The van der Waals surface area contributed by atoms with E-state index in [0.29, 0.717) is 16.7 Å². The Morgan fingerprint density at radius 2 is 1.32 bits per heavy atom. The third kappa shape index (κ3) is 4.06. The zero-order valence-electron chi connectivity index (χ0n) is 13.4. The Morgan fingerprint density at radius 3 is 1.96 bits per heavy atom. The number of hydrogen-bond donors (Lipinski definition) is 1. The number of hydrogen-bond acceptors (Lipinski definition) is 4. The summed E-state index contributed by atoms with van der Waals surface area (Å²) in [5, 5.41) is 17.9. The highest BCUT2D eigenvalue weighted by atomic mass is 16.3. The minimum atomic E-state index is -0.207. The van der Waals surface area contributed by atoms with E-state index >= 15 is 0 Å². The molecule has 3 aromatic carbocycles. The van der Waals surface area contributed by atoms with E-state index < -0.39 is 0 Å². The molecule has 0 saturated carbocycles. The fraction of sp³-hybridized carbons (Fsp3) is 0. The number of carbonyl (C=O) groups is 1. The molecule has 0 spiro atoms. The molecule has 0 saturated heterocycles. The van der Waals surface area contributed by atoms with Crippen LogP contribution in [-0.4, -0.2) is 22.8 Å². The van der Waals surface area contributed by atoms with Gasteiger partial charge in [-0.1, -0.05) is 72.8 Å². The number of ketones is 1. The molecule has 3 rings (SSSR count). The summed E-state index contributed by atoms with van der Waals surface area (Å²) >= 11 is 0. The predicted octanol–water partition coefficient (Wildman–Crippen LogP) is 4.10. The number of para-hydroxylation sites is 1. The minimum absolute atomic E-state index is 0.108. The Labute approximate surface area is 145 Å². The van der Waals surface area contributed by atoms with Crippen molar-refractivity contribution in [2.24, 2.45) is 10.2 Å². The van der Waals surface area contributed by atoms with Crippen molar-refractivity contribution in [3.05, 3.63) is 102 Å². The second kappa shape index (κ2) is 7.84. The maximum Gasteiger partial charge on any atom is 0.213 e. The van der Waals surface area contributed by atoms with Crippen LogP contribution in [0.2, 0.25) is 0 Å². The second-order valence-corrected chi connectivity index (χ2v) is 5.31. The lowest BCUT2D eigenvalue weighted by Crippen LogP contribution is -2.15. The average Bonchev–Trinajstić information content (AvgIpc) is 2.67. The summed E-state index contributed by atoms with van der Waals surface area (Å²) in [4.78, 5) is 12.8. The third-order valence-electron chi connectivity index (χ3n) is 3.59. The van der Waals surface area contributed by atoms with Crippen LogP contribution in [0.4, 0.5) is 0 Å². The Balaban J connectivity index is 1.97. The predicted molar refractivity (Wildman–Crippen MR) is 99.5 cm³/mol. The molecule has 0 atom stereocenters. The van der Waals surface area contributed by atoms with Gasteiger partial charge in [-0.3, -0.25) is 4.79 Å². The van der Waals surface area contributed by atoms with Gasteiger partial charge in [-0.15, -0.1) is 5.10 Å². The number of aromatic hydroxyl groups is 1. The number of benzene rings is 3. The van der Waals surface area contributed by atoms with Gasteiger partial charge in [0.1, 0.15) is 11.5 Å². The number of nitrogens with zero attached hydrogens (tertiary/aromatic N) is 2. The number of carbonyl (C=O) groups excluding carboxylic acids is 1. The van der Waals surface area contributed by atoms with Crippen LogP contribution >= 0.6 is 0 Å². The molecule has 0 radical (unpaired) electrons. The van der Waals surface area contributed by atoms with E-state index in [1.165, 1.54) is 6.21 Å². The lowest BCUT2D eigenvalue weighted by molar-refractivity contribution is 0.106. The first-order chi connectivity index (χ1) is 12.3. The largest absolute Gasteiger partial charge is 0.507 e. The number of Topliss-reactive ketones (excluding diaryl/α,β-unsaturated/α-hetero) is 1. The normalized spacial score (nSPS) is 11.6. The first kappa shape index (κ1) is 16.3. The molecule has 0 heterocycles. The maximum absolute atomic E-state index is 12.8. The van der Waals surface area contributed by atoms with Gasteiger partial charge in [-0.05, 0) is 12.1 Å². The van der Waals surface area contributed by atoms with Crippen LogP contribution in [-0.2, 0) is 0 Å². The van der Waals surface area contributed by atoms with E-state index in [-0.39, 0.29) is 17.2 Å². The smallest absolute Gasteiger partial charge is 0.213 e. The van der Waals surface area contributed by atoms with Crippen molar-refractivity contribution in [2.45, 2.75) is 0 Å². The molecular formula is C21H16N2O2. The van der Waals surface area contributed by atoms with Gasteiger partial charge in [0.25, 0.3) is 0 Å². The third-order valence-corrected chi connectivity index (χ3v) is 3.59. The van der Waals surface area contributed by atoms with E-state index in [9.17, 15) is 9.90 Å². The molecule has 25 heavy (non-hydrogen) atoms. The summed E-state index contributed by atoms with van der Waals surface area (Å²) in [6, 6.07) is 24.9. The quantitative estimate of drug-likeness (QED) is 0.435. The number of phenolic OH excluding ortho intramolecular Hbond substituents is 1. The van der Waals surface area contributed by atoms with Crippen molar-refractivity contribution < 1.29 is 9.90 Å². The summed E-state index contributed by atoms with van der Waals surface area (Å²) in [7, 11) is 0. The number of rotatable bonds is 5. The van der Waals surface area contributed by atoms with Gasteiger partial charge in [0, 0.05) is 16.7 Å². The van der Waals surface area contributed by atoms with Crippen molar-refractivity contribution >= 4 is 17.7 Å². The van der Waals surface area contributed by atoms with Crippen molar-refractivity contribution in [3.63, 3.8) is 0 Å². The van der Waals surface area contributed by atoms with E-state index in [4.69, 9.17) is 0 Å². The first-order valence-electron chi connectivity index (χ1n) is 7.80. The lowest BCUT2D eigenvalue weighted by Gasteiger charge is -2.04. The molecule has 0 aromatic heterocycles. The standard InChI is InChI=1S/C21H16N2O2/c24-19-14-8-7-13-18(19)15-22-23-20(16-9-3-1-4-10-16)21(25)17-11-5-2-6-12-17/h1-15,24H. The lowest BCUT2D eigenvalue weighted by atomic mass is 10.0. The van der Waals surface area contributed by atoms with Gasteiger partial charge >= 0.3 is 0 Å². The van der Waals surface area contributed by atoms with Crippen LogP contribution in [0.3, 0.4) is 0 Å². The molecule has 0 unspecified atom stereocenters. The van der Waals surface area contributed by atoms with E-state index in [2.05, 4.69) is 10.2 Å². The molecule has 4 nitrogen and oxygen atoms in total. The number of phenols is 1. The summed E-state index contributed by atoms with van der Waals surface area (Å²) in [6.07, 6.45) is 1.43. The summed E-state index contributed by atoms with van der Waals surface area (Å²) in [5.41, 5.74) is 2.01. The van der Waals surface area contributed by atoms with E-state index in [1.54, 1.807) is 48.5 Å². The molecule has 122 valence electrons. The van der Waals surface area contributed by atoms with Gasteiger partial charge in [-0.2, -0.15) is 5.10 Å². The van der Waals surface area contributed by atoms with Crippen molar-refractivity contribution in [1.82, 2.24) is 0 Å². The molecule has 4 heteroatoms. The molecule has 0 bridgehead atoms. The van der Waals surface area contributed by atoms with Gasteiger partial charge < -0.3 is 5.11 Å². The van der Waals surface area contributed by atoms with Crippen LogP contribution in [0.5, 0.6) is 5.75 Å². The molecule has 0 aliphatic heterocycles. The van der Waals surface area contributed by atoms with E-state index in [0.717, 1.165) is 0 Å². The van der Waals surface area contributed by atoms with Gasteiger partial charge in [0.15, 0.2) is 0 Å². The fourth-order valence-corrected chi connectivity index (χ4v) is 2.30. The molecule has 3 aromatic rings. The van der Waals surface area contributed by atoms with Crippen molar-refractivity contribution in [3.8, 4) is 5.75 Å². The topological polar surface area (TPSA) is 62.0 Å². The highest BCUT2D eigenvalue weighted by Crippen LogP contribution is 2.13. The van der Waals surface area contributed by atoms with E-state index in [1.807, 2.05) is 36.4 Å². The zero-order chi connectivity index (χ0) is 17.5. The molecule has 0 aliphatic rings. The molecule has 1 N–H and O–H groups in total. The monoisotopic (exact) mass is 328 g/mol. The highest BCUT2D eigenvalue weighted by Gasteiger charge is 2.15. The summed E-state index contributed by atoms with van der Waals surface area (Å²) in [5.74, 6) is -0.0988. The Hall–Kier alpha value is -3.53. The fourth-order valence-electron chi connectivity index (χ4n) is 2.30. The molecular weight excluding hydrogens is 312 g/mol. The Bertz CT molecular complexity index is 917. The molecule has 0 aliphatic carbocycles. The Morgan fingerprint density at radius 1 is 0.760 bits per heavy atom. The first-order valence-corrected chi connectivity index (χ1v) is 7.80. The van der Waals surface area contributed by atoms with Crippen LogP contribution in [0.15, 0.2) is 95.1 Å². The van der Waals surface area contributed by atoms with Gasteiger partial charge in [-0.25, -0.2) is 0 Å². The van der Waals surface area contributed by atoms with Gasteiger partial charge in [0.2, 0.25) is 5.78 Å².